The van der Waals surface area contributed by atoms with Crippen LogP contribution in [0.25, 0.3) is 0 Å². The third-order valence-electron chi connectivity index (χ3n) is 2.90. The molecular formula is C12H20F3N3O. The van der Waals surface area contributed by atoms with Crippen molar-refractivity contribution in [1.29, 1.82) is 0 Å². The zero-order valence-electron chi connectivity index (χ0n) is 11.6. The van der Waals surface area contributed by atoms with Gasteiger partial charge in [-0.3, -0.25) is 4.68 Å². The van der Waals surface area contributed by atoms with E-state index in [2.05, 4.69) is 10.4 Å². The van der Waals surface area contributed by atoms with E-state index in [9.17, 15) is 13.2 Å². The average molecular weight is 279 g/mol. The lowest BCUT2D eigenvalue weighted by atomic mass is 10.1. The summed E-state index contributed by atoms with van der Waals surface area (Å²) < 4.78 is 43.9. The van der Waals surface area contributed by atoms with Crippen LogP contribution in [0.15, 0.2) is 6.20 Å². The third kappa shape index (κ3) is 4.12. The number of methoxy groups -OCH3 is 1. The highest BCUT2D eigenvalue weighted by molar-refractivity contribution is 5.28. The van der Waals surface area contributed by atoms with Crippen molar-refractivity contribution in [3.05, 3.63) is 11.9 Å². The van der Waals surface area contributed by atoms with Gasteiger partial charge in [-0.15, -0.1) is 0 Å². The summed E-state index contributed by atoms with van der Waals surface area (Å²) in [7, 11) is 3.12. The van der Waals surface area contributed by atoms with E-state index in [0.717, 1.165) is 0 Å². The Morgan fingerprint density at radius 3 is 2.47 bits per heavy atom. The molecule has 0 spiro atoms. The second-order valence-electron chi connectivity index (χ2n) is 4.63. The molecule has 0 saturated carbocycles. The molecular weight excluding hydrogens is 259 g/mol. The molecule has 0 radical (unpaired) electrons. The van der Waals surface area contributed by atoms with Gasteiger partial charge in [0.25, 0.3) is 0 Å². The average Bonchev–Trinajstić information content (AvgIpc) is 2.72. The Morgan fingerprint density at radius 1 is 1.42 bits per heavy atom. The van der Waals surface area contributed by atoms with Crippen molar-refractivity contribution >= 4 is 0 Å². The van der Waals surface area contributed by atoms with Gasteiger partial charge in [-0.05, 0) is 27.3 Å². The summed E-state index contributed by atoms with van der Waals surface area (Å²) in [5, 5.41) is 7.08. The molecule has 0 saturated heterocycles. The van der Waals surface area contributed by atoms with Gasteiger partial charge in [-0.1, -0.05) is 0 Å². The lowest BCUT2D eigenvalue weighted by Gasteiger charge is -2.21. The van der Waals surface area contributed by atoms with Crippen molar-refractivity contribution in [1.82, 2.24) is 15.1 Å². The van der Waals surface area contributed by atoms with E-state index in [-0.39, 0.29) is 12.5 Å². The maximum absolute atomic E-state index is 12.4. The van der Waals surface area contributed by atoms with Crippen molar-refractivity contribution in [3.8, 4) is 5.75 Å². The van der Waals surface area contributed by atoms with Gasteiger partial charge in [0.1, 0.15) is 0 Å². The molecule has 0 aliphatic heterocycles. The zero-order chi connectivity index (χ0) is 14.6. The minimum atomic E-state index is -4.16. The van der Waals surface area contributed by atoms with Gasteiger partial charge < -0.3 is 10.1 Å². The van der Waals surface area contributed by atoms with Crippen LogP contribution in [0.4, 0.5) is 13.2 Å². The standard InChI is InChI=1S/C12H20F3N3O/c1-8(2)18-11(10(19-4)7-17-18)9(16-3)5-6-12(13,14)15/h7-9,16H,5-6H2,1-4H3. The molecule has 1 aromatic rings. The zero-order valence-corrected chi connectivity index (χ0v) is 11.6. The molecule has 0 amide bonds. The monoisotopic (exact) mass is 279 g/mol. The molecule has 0 aliphatic rings. The number of hydrogen-bond donors (Lipinski definition) is 1. The first kappa shape index (κ1) is 15.8. The summed E-state index contributed by atoms with van der Waals surface area (Å²) in [5.41, 5.74) is 0.657. The fourth-order valence-corrected chi connectivity index (χ4v) is 1.98. The predicted molar refractivity (Wildman–Crippen MR) is 66.3 cm³/mol. The quantitative estimate of drug-likeness (QED) is 0.869. The number of nitrogens with one attached hydrogen (secondary N) is 1. The summed E-state index contributed by atoms with van der Waals surface area (Å²) in [6.07, 6.45) is -3.52. The second kappa shape index (κ2) is 6.27. The number of rotatable bonds is 6. The molecule has 0 aliphatic carbocycles. The summed E-state index contributed by atoms with van der Waals surface area (Å²) in [6, 6.07) is -0.387. The largest absolute Gasteiger partial charge is 0.493 e. The Balaban J connectivity index is 2.99. The van der Waals surface area contributed by atoms with Crippen LogP contribution in [0.3, 0.4) is 0 Å². The molecule has 0 bridgehead atoms. The molecule has 1 aromatic heterocycles. The van der Waals surface area contributed by atoms with E-state index in [0.29, 0.717) is 11.4 Å². The SMILES string of the molecule is CNC(CCC(F)(F)F)c1c(OC)cnn1C(C)C. The predicted octanol–water partition coefficient (Wildman–Crippen LogP) is 3.08. The van der Waals surface area contributed by atoms with Crippen LogP contribution in [0.1, 0.15) is 44.5 Å². The van der Waals surface area contributed by atoms with Crippen molar-refractivity contribution in [2.24, 2.45) is 0 Å². The van der Waals surface area contributed by atoms with Gasteiger partial charge in [0, 0.05) is 12.5 Å². The van der Waals surface area contributed by atoms with E-state index in [1.54, 1.807) is 11.7 Å². The molecule has 19 heavy (non-hydrogen) atoms. The Morgan fingerprint density at radius 2 is 2.05 bits per heavy atom. The molecule has 0 aromatic carbocycles. The lowest BCUT2D eigenvalue weighted by molar-refractivity contribution is -0.136. The summed E-state index contributed by atoms with van der Waals surface area (Å²) >= 11 is 0. The molecule has 1 rings (SSSR count). The van der Waals surface area contributed by atoms with Crippen LogP contribution in [-0.2, 0) is 0 Å². The van der Waals surface area contributed by atoms with Gasteiger partial charge in [0.05, 0.1) is 25.0 Å². The minimum absolute atomic E-state index is 0.0469. The Labute approximate surface area is 110 Å². The first-order chi connectivity index (χ1) is 8.80. The maximum atomic E-state index is 12.4. The number of halogens is 3. The van der Waals surface area contributed by atoms with Crippen LogP contribution < -0.4 is 10.1 Å². The number of ether oxygens (including phenoxy) is 1. The first-order valence-electron chi connectivity index (χ1n) is 6.15. The number of hydrogen-bond acceptors (Lipinski definition) is 3. The molecule has 1 atom stereocenters. The van der Waals surface area contributed by atoms with Gasteiger partial charge in [-0.2, -0.15) is 18.3 Å². The van der Waals surface area contributed by atoms with Crippen molar-refractivity contribution in [2.45, 2.75) is 44.9 Å². The summed E-state index contributed by atoms with van der Waals surface area (Å²) in [4.78, 5) is 0. The Bertz CT molecular complexity index is 401. The van der Waals surface area contributed by atoms with Crippen LogP contribution in [0, 0.1) is 0 Å². The summed E-state index contributed by atoms with van der Waals surface area (Å²) in [5.74, 6) is 0.509. The van der Waals surface area contributed by atoms with Gasteiger partial charge in [0.2, 0.25) is 0 Å². The highest BCUT2D eigenvalue weighted by Crippen LogP contribution is 2.33. The van der Waals surface area contributed by atoms with Crippen molar-refractivity contribution in [3.63, 3.8) is 0 Å². The van der Waals surface area contributed by atoms with E-state index >= 15 is 0 Å². The fourth-order valence-electron chi connectivity index (χ4n) is 1.98. The minimum Gasteiger partial charge on any atom is -0.493 e. The smallest absolute Gasteiger partial charge is 0.389 e. The number of alkyl halides is 3. The molecule has 1 N–H and O–H groups in total. The van der Waals surface area contributed by atoms with Crippen LogP contribution >= 0.6 is 0 Å². The summed E-state index contributed by atoms with van der Waals surface area (Å²) in [6.45, 7) is 3.85. The van der Waals surface area contributed by atoms with Crippen molar-refractivity contribution < 1.29 is 17.9 Å². The topological polar surface area (TPSA) is 39.1 Å². The van der Waals surface area contributed by atoms with Crippen LogP contribution in [0.5, 0.6) is 5.75 Å². The van der Waals surface area contributed by atoms with E-state index < -0.39 is 18.6 Å². The molecule has 110 valence electrons. The molecule has 1 unspecified atom stereocenters. The van der Waals surface area contributed by atoms with E-state index in [4.69, 9.17) is 4.74 Å². The van der Waals surface area contributed by atoms with Crippen molar-refractivity contribution in [2.75, 3.05) is 14.2 Å². The second-order valence-corrected chi connectivity index (χ2v) is 4.63. The normalized spacial score (nSPS) is 13.9. The maximum Gasteiger partial charge on any atom is 0.389 e. The van der Waals surface area contributed by atoms with Crippen LogP contribution in [0.2, 0.25) is 0 Å². The van der Waals surface area contributed by atoms with Gasteiger partial charge in [0.15, 0.2) is 5.75 Å². The molecule has 0 fully saturated rings. The van der Waals surface area contributed by atoms with Gasteiger partial charge in [-0.25, -0.2) is 0 Å². The third-order valence-corrected chi connectivity index (χ3v) is 2.90. The highest BCUT2D eigenvalue weighted by Gasteiger charge is 2.30. The Kier molecular flexibility index (Phi) is 5.22. The van der Waals surface area contributed by atoms with Crippen LogP contribution in [-0.4, -0.2) is 30.1 Å². The van der Waals surface area contributed by atoms with Gasteiger partial charge >= 0.3 is 6.18 Å². The van der Waals surface area contributed by atoms with E-state index in [1.807, 2.05) is 13.8 Å². The first-order valence-corrected chi connectivity index (χ1v) is 6.15. The van der Waals surface area contributed by atoms with E-state index in [1.165, 1.54) is 13.3 Å². The lowest BCUT2D eigenvalue weighted by Crippen LogP contribution is -2.24. The molecule has 7 heteroatoms. The number of aromatic nitrogens is 2. The number of nitrogens with zero attached hydrogens (tertiary/aromatic N) is 2. The highest BCUT2D eigenvalue weighted by atomic mass is 19.4. The molecule has 1 heterocycles. The Hall–Kier alpha value is -1.24. The molecule has 4 nitrogen and oxygen atoms in total. The fraction of sp³-hybridized carbons (Fsp3) is 0.750.